The molecule has 2 N–H and O–H groups in total. The molecule has 0 saturated carbocycles. The first-order valence-corrected chi connectivity index (χ1v) is 9.25. The summed E-state index contributed by atoms with van der Waals surface area (Å²) in [6.45, 7) is 0. The van der Waals surface area contributed by atoms with Gasteiger partial charge in [0.2, 0.25) is 0 Å². The summed E-state index contributed by atoms with van der Waals surface area (Å²) in [4.78, 5) is 16.4. The van der Waals surface area contributed by atoms with E-state index in [1.807, 2.05) is 0 Å². The average molecular weight is 389 g/mol. The van der Waals surface area contributed by atoms with Gasteiger partial charge in [-0.2, -0.15) is 0 Å². The van der Waals surface area contributed by atoms with Crippen molar-refractivity contribution in [2.75, 3.05) is 25.7 Å². The summed E-state index contributed by atoms with van der Waals surface area (Å²) >= 11 is 11.8. The van der Waals surface area contributed by atoms with E-state index < -0.39 is 15.6 Å². The molecule has 1 amide bonds. The van der Waals surface area contributed by atoms with Gasteiger partial charge in [0.1, 0.15) is 11.0 Å². The van der Waals surface area contributed by atoms with Gasteiger partial charge in [-0.15, -0.1) is 10.2 Å². The van der Waals surface area contributed by atoms with Crippen LogP contribution >= 0.6 is 23.2 Å². The van der Waals surface area contributed by atoms with Crippen molar-refractivity contribution in [3.63, 3.8) is 0 Å². The van der Waals surface area contributed by atoms with E-state index >= 15 is 0 Å². The number of nitrogens with zero attached hydrogens (tertiary/aromatic N) is 4. The molecule has 0 saturated heterocycles. The molecule has 0 bridgehead atoms. The molecule has 0 aromatic carbocycles. The fourth-order valence-electron chi connectivity index (χ4n) is 1.79. The lowest BCUT2D eigenvalue weighted by Gasteiger charge is -2.14. The van der Waals surface area contributed by atoms with E-state index in [0.29, 0.717) is 4.90 Å². The molecular formula is C13H14Cl2N6O2S. The second-order valence-corrected chi connectivity index (χ2v) is 7.78. The number of anilines is 2. The quantitative estimate of drug-likeness (QED) is 0.777. The Kier molecular flexibility index (Phi) is 5.58. The van der Waals surface area contributed by atoms with Crippen LogP contribution in [0.1, 0.15) is 10.5 Å². The van der Waals surface area contributed by atoms with Gasteiger partial charge in [0.05, 0.1) is 20.3 Å². The van der Waals surface area contributed by atoms with Crippen LogP contribution in [0.2, 0.25) is 10.3 Å². The maximum atomic E-state index is 12.6. The fourth-order valence-corrected chi connectivity index (χ4v) is 3.06. The van der Waals surface area contributed by atoms with Crippen LogP contribution in [0.15, 0.2) is 27.5 Å². The van der Waals surface area contributed by atoms with Gasteiger partial charge in [-0.25, -0.2) is 13.6 Å². The van der Waals surface area contributed by atoms with Crippen LogP contribution in [0.3, 0.4) is 0 Å². The van der Waals surface area contributed by atoms with Crippen molar-refractivity contribution < 1.29 is 9.00 Å². The second-order valence-electron chi connectivity index (χ2n) is 4.60. The van der Waals surface area contributed by atoms with Crippen LogP contribution in [-0.4, -0.2) is 45.6 Å². The molecule has 0 fully saturated rings. The van der Waals surface area contributed by atoms with Crippen molar-refractivity contribution in [2.45, 2.75) is 4.90 Å². The molecule has 0 radical (unpaired) electrons. The number of pyridine rings is 1. The average Bonchev–Trinajstić information content (AvgIpc) is 2.54. The topological polar surface area (TPSA) is 109 Å². The normalized spacial score (nSPS) is 13.0. The summed E-state index contributed by atoms with van der Waals surface area (Å²) in [5.74, 6) is -0.280. The lowest BCUT2D eigenvalue weighted by Crippen LogP contribution is -2.21. The monoisotopic (exact) mass is 388 g/mol. The van der Waals surface area contributed by atoms with E-state index in [-0.39, 0.29) is 27.5 Å². The van der Waals surface area contributed by atoms with Crippen molar-refractivity contribution in [3.05, 3.63) is 34.2 Å². The first-order chi connectivity index (χ1) is 11.3. The molecule has 0 aliphatic heterocycles. The predicted molar refractivity (Wildman–Crippen MR) is 93.6 cm³/mol. The lowest BCUT2D eigenvalue weighted by molar-refractivity contribution is 0.0958. The lowest BCUT2D eigenvalue weighted by atomic mass is 10.3. The first-order valence-electron chi connectivity index (χ1n) is 6.57. The Morgan fingerprint density at radius 2 is 1.96 bits per heavy atom. The number of carbonyl (C=O) groups is 1. The summed E-state index contributed by atoms with van der Waals surface area (Å²) in [7, 11) is 0.212. The van der Waals surface area contributed by atoms with Crippen molar-refractivity contribution >= 4 is 50.3 Å². The largest absolute Gasteiger partial charge is 0.354 e. The van der Waals surface area contributed by atoms with Gasteiger partial charge in [0, 0.05) is 26.4 Å². The number of amides is 1. The first kappa shape index (κ1) is 18.4. The number of hydrogen-bond acceptors (Lipinski definition) is 7. The molecule has 2 rings (SSSR count). The summed E-state index contributed by atoms with van der Waals surface area (Å²) < 4.78 is 16.5. The van der Waals surface area contributed by atoms with Crippen LogP contribution in [0.25, 0.3) is 0 Å². The Balaban J connectivity index is 2.61. The molecule has 0 aliphatic rings. The van der Waals surface area contributed by atoms with E-state index in [9.17, 15) is 9.00 Å². The molecule has 1 atom stereocenters. The third-order valence-corrected chi connectivity index (χ3v) is 5.28. The maximum absolute atomic E-state index is 12.6. The Bertz CT molecular complexity index is 911. The van der Waals surface area contributed by atoms with Gasteiger partial charge < -0.3 is 10.6 Å². The van der Waals surface area contributed by atoms with Crippen molar-refractivity contribution in [1.29, 1.82) is 0 Å². The van der Waals surface area contributed by atoms with Crippen LogP contribution < -0.4 is 10.6 Å². The molecule has 11 heteroatoms. The van der Waals surface area contributed by atoms with Crippen LogP contribution in [0, 0.1) is 0 Å². The number of hydrogen-bond donors (Lipinski definition) is 2. The highest BCUT2D eigenvalue weighted by Crippen LogP contribution is 2.28. The predicted octanol–water partition coefficient (Wildman–Crippen LogP) is 2.37. The SMILES string of the molecule is CN=S(C)(=O)c1ccc(Cl)nc1Nc1cc(Cl)nnc1C(=O)NC. The number of carbonyl (C=O) groups excluding carboxylic acids is 1. The molecule has 8 nitrogen and oxygen atoms in total. The number of nitrogens with one attached hydrogen (secondary N) is 2. The molecule has 0 aliphatic carbocycles. The number of halogens is 2. The van der Waals surface area contributed by atoms with Crippen LogP contribution in [0.4, 0.5) is 11.5 Å². The molecule has 2 aromatic heterocycles. The summed E-state index contributed by atoms with van der Waals surface area (Å²) in [6.07, 6.45) is 1.47. The highest BCUT2D eigenvalue weighted by atomic mass is 35.5. The molecule has 2 heterocycles. The summed E-state index contributed by atoms with van der Waals surface area (Å²) in [6, 6.07) is 4.47. The minimum atomic E-state index is -2.69. The summed E-state index contributed by atoms with van der Waals surface area (Å²) in [5, 5.41) is 13.0. The Morgan fingerprint density at radius 1 is 1.25 bits per heavy atom. The molecular weight excluding hydrogens is 375 g/mol. The summed E-state index contributed by atoms with van der Waals surface area (Å²) in [5.41, 5.74) is 0.252. The van der Waals surface area contributed by atoms with Gasteiger partial charge in [0.25, 0.3) is 5.91 Å². The highest BCUT2D eigenvalue weighted by molar-refractivity contribution is 7.93. The highest BCUT2D eigenvalue weighted by Gasteiger charge is 2.18. The van der Waals surface area contributed by atoms with Crippen molar-refractivity contribution in [2.24, 2.45) is 4.36 Å². The van der Waals surface area contributed by atoms with Gasteiger partial charge >= 0.3 is 0 Å². The van der Waals surface area contributed by atoms with E-state index in [1.54, 1.807) is 6.07 Å². The van der Waals surface area contributed by atoms with E-state index in [2.05, 4.69) is 30.2 Å². The van der Waals surface area contributed by atoms with Crippen LogP contribution in [0.5, 0.6) is 0 Å². The minimum Gasteiger partial charge on any atom is -0.354 e. The Labute approximate surface area is 149 Å². The zero-order valence-corrected chi connectivity index (χ0v) is 15.3. The van der Waals surface area contributed by atoms with Gasteiger partial charge in [-0.05, 0) is 12.1 Å². The molecule has 1 unspecified atom stereocenters. The van der Waals surface area contributed by atoms with Crippen molar-refractivity contribution in [3.8, 4) is 0 Å². The Morgan fingerprint density at radius 3 is 2.58 bits per heavy atom. The zero-order valence-electron chi connectivity index (χ0n) is 13.0. The fraction of sp³-hybridized carbons (Fsp3) is 0.231. The molecule has 2 aromatic rings. The smallest absolute Gasteiger partial charge is 0.273 e. The maximum Gasteiger partial charge on any atom is 0.273 e. The van der Waals surface area contributed by atoms with Gasteiger partial charge in [-0.1, -0.05) is 23.2 Å². The molecule has 0 spiro atoms. The van der Waals surface area contributed by atoms with Gasteiger partial charge in [-0.3, -0.25) is 4.79 Å². The van der Waals surface area contributed by atoms with E-state index in [1.165, 1.54) is 32.5 Å². The molecule has 128 valence electrons. The number of aromatic nitrogens is 3. The minimum absolute atomic E-state index is 0.00525. The van der Waals surface area contributed by atoms with E-state index in [4.69, 9.17) is 23.2 Å². The van der Waals surface area contributed by atoms with Crippen molar-refractivity contribution in [1.82, 2.24) is 20.5 Å². The third kappa shape index (κ3) is 3.92. The van der Waals surface area contributed by atoms with Crippen LogP contribution in [-0.2, 0) is 9.73 Å². The zero-order chi connectivity index (χ0) is 17.9. The van der Waals surface area contributed by atoms with E-state index in [0.717, 1.165) is 0 Å². The Hall–Kier alpha value is -1.97. The third-order valence-electron chi connectivity index (χ3n) is 3.04. The second kappa shape index (κ2) is 7.29. The van der Waals surface area contributed by atoms with Gasteiger partial charge in [0.15, 0.2) is 10.8 Å². The number of rotatable bonds is 4. The standard InChI is InChI=1S/C13H14Cl2N6O2S/c1-16-13(22)11-7(6-10(15)20-21-11)18-12-8(24(3,23)17-2)4-5-9(14)19-12/h4-6H,1-3H3,(H,16,22)(H,18,19,20). The molecule has 24 heavy (non-hydrogen) atoms.